The van der Waals surface area contributed by atoms with E-state index in [0.29, 0.717) is 0 Å². The van der Waals surface area contributed by atoms with Gasteiger partial charge in [-0.1, -0.05) is 11.6 Å². The highest BCUT2D eigenvalue weighted by atomic mass is 35.7. The van der Waals surface area contributed by atoms with Gasteiger partial charge in [0.05, 0.1) is 17.9 Å². The molecule has 0 saturated heterocycles. The number of aromatic nitrogens is 1. The van der Waals surface area contributed by atoms with E-state index in [0.717, 1.165) is 0 Å². The van der Waals surface area contributed by atoms with Crippen LogP contribution in [0.2, 0.25) is 5.02 Å². The lowest BCUT2D eigenvalue weighted by atomic mass is 10.3. The molecule has 0 aromatic carbocycles. The fraction of sp³-hybridized carbons (Fsp3) is 0.286. The molecule has 5 nitrogen and oxygen atoms in total. The van der Waals surface area contributed by atoms with Crippen LogP contribution in [0.4, 0.5) is 0 Å². The highest BCUT2D eigenvalue weighted by molar-refractivity contribution is 8.13. The number of hydrogen-bond donors (Lipinski definition) is 1. The number of hydrogen-bond acceptors (Lipinski definition) is 4. The molecule has 0 aliphatic heterocycles. The molecule has 1 heterocycles. The van der Waals surface area contributed by atoms with E-state index in [2.05, 4.69) is 9.72 Å². The van der Waals surface area contributed by atoms with Gasteiger partial charge in [0.25, 0.3) is 0 Å². The van der Waals surface area contributed by atoms with Crippen molar-refractivity contribution in [3.05, 3.63) is 22.5 Å². The van der Waals surface area contributed by atoms with Gasteiger partial charge in [-0.05, 0) is 0 Å². The van der Waals surface area contributed by atoms with Gasteiger partial charge < -0.3 is 9.72 Å². The summed E-state index contributed by atoms with van der Waals surface area (Å²) in [5.74, 6) is -1.11. The van der Waals surface area contributed by atoms with Crippen molar-refractivity contribution in [3.63, 3.8) is 0 Å². The Balaban J connectivity index is 3.05. The first kappa shape index (κ1) is 12.4. The first-order valence-corrected chi connectivity index (χ1v) is 6.57. The highest BCUT2D eigenvalue weighted by Crippen LogP contribution is 2.24. The van der Waals surface area contributed by atoms with Gasteiger partial charge in [-0.2, -0.15) is 0 Å². The maximum Gasteiger partial charge on any atom is 0.356 e. The zero-order valence-corrected chi connectivity index (χ0v) is 9.91. The first-order valence-electron chi connectivity index (χ1n) is 3.71. The summed E-state index contributed by atoms with van der Waals surface area (Å²) in [6, 6.07) is 0. The van der Waals surface area contributed by atoms with Gasteiger partial charge in [-0.15, -0.1) is 0 Å². The molecular formula is C7H7Cl2NO4S. The number of esters is 1. The molecule has 1 rings (SSSR count). The fourth-order valence-electron chi connectivity index (χ4n) is 0.988. The van der Waals surface area contributed by atoms with Gasteiger partial charge in [0.2, 0.25) is 9.05 Å². The molecule has 0 aliphatic carbocycles. The SMILES string of the molecule is COC(=O)c1[nH]cc(CS(=O)(=O)Cl)c1Cl. The Bertz CT molecular complexity index is 479. The summed E-state index contributed by atoms with van der Waals surface area (Å²) >= 11 is 5.75. The zero-order chi connectivity index (χ0) is 11.6. The summed E-state index contributed by atoms with van der Waals surface area (Å²) in [6.45, 7) is 0. The summed E-state index contributed by atoms with van der Waals surface area (Å²) in [7, 11) is 2.53. The third kappa shape index (κ3) is 3.12. The van der Waals surface area contributed by atoms with Crippen LogP contribution in [0.5, 0.6) is 0 Å². The van der Waals surface area contributed by atoms with E-state index in [-0.39, 0.29) is 16.3 Å². The van der Waals surface area contributed by atoms with Crippen LogP contribution in [0.1, 0.15) is 16.1 Å². The number of rotatable bonds is 3. The van der Waals surface area contributed by atoms with Crippen molar-refractivity contribution in [1.82, 2.24) is 4.98 Å². The topological polar surface area (TPSA) is 76.2 Å². The van der Waals surface area contributed by atoms with Gasteiger partial charge in [0, 0.05) is 22.4 Å². The average molecular weight is 272 g/mol. The Hall–Kier alpha value is -0.720. The lowest BCUT2D eigenvalue weighted by Crippen LogP contribution is -2.02. The average Bonchev–Trinajstić information content (AvgIpc) is 2.45. The molecule has 0 aliphatic rings. The zero-order valence-electron chi connectivity index (χ0n) is 7.58. The van der Waals surface area contributed by atoms with E-state index in [1.165, 1.54) is 13.3 Å². The lowest BCUT2D eigenvalue weighted by Gasteiger charge is -1.97. The number of ether oxygens (including phenoxy) is 1. The number of methoxy groups -OCH3 is 1. The number of halogens is 2. The summed E-state index contributed by atoms with van der Waals surface area (Å²) in [4.78, 5) is 13.6. The number of aromatic amines is 1. The molecule has 0 unspecified atom stereocenters. The predicted molar refractivity (Wildman–Crippen MR) is 55.6 cm³/mol. The normalized spacial score (nSPS) is 11.4. The molecule has 0 radical (unpaired) electrons. The Labute approximate surface area is 95.7 Å². The van der Waals surface area contributed by atoms with Gasteiger partial charge in [0.15, 0.2) is 0 Å². The van der Waals surface area contributed by atoms with Crippen LogP contribution in [-0.2, 0) is 19.5 Å². The second-order valence-corrected chi connectivity index (χ2v) is 5.83. The molecule has 8 heteroatoms. The van der Waals surface area contributed by atoms with E-state index in [4.69, 9.17) is 22.3 Å². The quantitative estimate of drug-likeness (QED) is 0.668. The smallest absolute Gasteiger partial charge is 0.356 e. The number of H-pyrrole nitrogens is 1. The van der Waals surface area contributed by atoms with Crippen molar-refractivity contribution < 1.29 is 17.9 Å². The third-order valence-corrected chi connectivity index (χ3v) is 3.02. The van der Waals surface area contributed by atoms with Crippen molar-refractivity contribution in [2.24, 2.45) is 0 Å². The van der Waals surface area contributed by atoms with Crippen molar-refractivity contribution in [1.29, 1.82) is 0 Å². The second-order valence-electron chi connectivity index (χ2n) is 2.68. The van der Waals surface area contributed by atoms with Crippen molar-refractivity contribution in [2.45, 2.75) is 5.75 Å². The van der Waals surface area contributed by atoms with E-state index in [1.54, 1.807) is 0 Å². The summed E-state index contributed by atoms with van der Waals surface area (Å²) in [6.07, 6.45) is 1.30. The van der Waals surface area contributed by atoms with Crippen LogP contribution in [-0.4, -0.2) is 26.5 Å². The summed E-state index contributed by atoms with van der Waals surface area (Å²) < 4.78 is 26.0. The number of carbonyl (C=O) groups is 1. The highest BCUT2D eigenvalue weighted by Gasteiger charge is 2.19. The van der Waals surface area contributed by atoms with Crippen molar-refractivity contribution in [3.8, 4) is 0 Å². The van der Waals surface area contributed by atoms with Crippen LogP contribution >= 0.6 is 22.3 Å². The van der Waals surface area contributed by atoms with Crippen molar-refractivity contribution >= 4 is 37.3 Å². The molecule has 0 spiro atoms. The Morgan fingerprint density at radius 2 is 2.20 bits per heavy atom. The van der Waals surface area contributed by atoms with Crippen LogP contribution in [0.3, 0.4) is 0 Å². The lowest BCUT2D eigenvalue weighted by molar-refractivity contribution is 0.0595. The molecule has 15 heavy (non-hydrogen) atoms. The van der Waals surface area contributed by atoms with E-state index >= 15 is 0 Å². The molecule has 1 N–H and O–H groups in total. The third-order valence-electron chi connectivity index (χ3n) is 1.61. The minimum absolute atomic E-state index is 0.00563. The monoisotopic (exact) mass is 271 g/mol. The standard InChI is InChI=1S/C7H7Cl2NO4S/c1-14-7(11)6-5(8)4(2-10-6)3-15(9,12)13/h2,10H,3H2,1H3. The maximum absolute atomic E-state index is 11.1. The van der Waals surface area contributed by atoms with Crippen LogP contribution in [0, 0.1) is 0 Å². The second kappa shape index (κ2) is 4.42. The van der Waals surface area contributed by atoms with E-state index < -0.39 is 20.8 Å². The Kier molecular flexibility index (Phi) is 3.64. The Morgan fingerprint density at radius 1 is 1.60 bits per heavy atom. The molecule has 1 aromatic rings. The minimum atomic E-state index is -3.70. The molecule has 0 saturated carbocycles. The van der Waals surface area contributed by atoms with Gasteiger partial charge in [-0.25, -0.2) is 13.2 Å². The summed E-state index contributed by atoms with van der Waals surface area (Å²) in [5, 5.41) is 0.00563. The van der Waals surface area contributed by atoms with Gasteiger partial charge >= 0.3 is 5.97 Å². The number of carbonyl (C=O) groups excluding carboxylic acids is 1. The summed E-state index contributed by atoms with van der Waals surface area (Å²) in [5.41, 5.74) is 0.238. The number of nitrogens with one attached hydrogen (secondary N) is 1. The van der Waals surface area contributed by atoms with Crippen LogP contribution < -0.4 is 0 Å². The molecule has 0 bridgehead atoms. The van der Waals surface area contributed by atoms with Gasteiger partial charge in [0.1, 0.15) is 5.69 Å². The van der Waals surface area contributed by atoms with Crippen LogP contribution in [0.15, 0.2) is 6.20 Å². The largest absolute Gasteiger partial charge is 0.464 e. The van der Waals surface area contributed by atoms with Crippen LogP contribution in [0.25, 0.3) is 0 Å². The first-order chi connectivity index (χ1) is 6.85. The van der Waals surface area contributed by atoms with E-state index in [1.807, 2.05) is 0 Å². The van der Waals surface area contributed by atoms with Gasteiger partial charge in [-0.3, -0.25) is 0 Å². The maximum atomic E-state index is 11.1. The molecule has 0 fully saturated rings. The predicted octanol–water partition coefficient (Wildman–Crippen LogP) is 1.52. The fourth-order valence-corrected chi connectivity index (χ4v) is 2.27. The Morgan fingerprint density at radius 3 is 2.67 bits per heavy atom. The molecule has 0 atom stereocenters. The molecular weight excluding hydrogens is 265 g/mol. The minimum Gasteiger partial charge on any atom is -0.464 e. The molecule has 1 aromatic heterocycles. The van der Waals surface area contributed by atoms with E-state index in [9.17, 15) is 13.2 Å². The molecule has 0 amide bonds. The van der Waals surface area contributed by atoms with Crippen molar-refractivity contribution in [2.75, 3.05) is 7.11 Å². The molecule has 84 valence electrons.